The maximum Gasteiger partial charge on any atom is 0.264 e. The van der Waals surface area contributed by atoms with Gasteiger partial charge in [-0.2, -0.15) is 0 Å². The molecular formula is C26H24ClN3O3S. The normalized spacial score (nSPS) is 11.4. The summed E-state index contributed by atoms with van der Waals surface area (Å²) in [5.41, 5.74) is 3.63. The molecule has 0 unspecified atom stereocenters. The Balaban J connectivity index is 1.60. The largest absolute Gasteiger partial charge is 0.350 e. The third-order valence-electron chi connectivity index (χ3n) is 5.56. The lowest BCUT2D eigenvalue weighted by atomic mass is 10.1. The van der Waals surface area contributed by atoms with Gasteiger partial charge < -0.3 is 5.32 Å². The second-order valence-electron chi connectivity index (χ2n) is 8.02. The summed E-state index contributed by atoms with van der Waals surface area (Å²) in [6.45, 7) is 3.49. The molecule has 0 atom stereocenters. The summed E-state index contributed by atoms with van der Waals surface area (Å²) in [5, 5.41) is 4.22. The highest BCUT2D eigenvalue weighted by Crippen LogP contribution is 2.30. The van der Waals surface area contributed by atoms with E-state index in [2.05, 4.69) is 10.3 Å². The zero-order valence-electron chi connectivity index (χ0n) is 18.8. The van der Waals surface area contributed by atoms with Crippen LogP contribution < -0.4 is 9.62 Å². The average molecular weight is 494 g/mol. The molecule has 0 saturated carbocycles. The minimum atomic E-state index is -4.01. The number of fused-ring (bicyclic) bond motifs is 1. The molecule has 1 N–H and O–H groups in total. The van der Waals surface area contributed by atoms with Crippen LogP contribution in [-0.2, 0) is 21.4 Å². The molecule has 8 heteroatoms. The SMILES string of the molecule is Cc1ccc(S(=O)(=O)N(CC(=O)NCc2ccc3ncccc3c2)c2cccc(Cl)c2C)cc1. The van der Waals surface area contributed by atoms with Gasteiger partial charge in [0.05, 0.1) is 16.1 Å². The van der Waals surface area contributed by atoms with Crippen molar-refractivity contribution in [2.45, 2.75) is 25.3 Å². The monoisotopic (exact) mass is 493 g/mol. The van der Waals surface area contributed by atoms with Crippen molar-refractivity contribution in [3.8, 4) is 0 Å². The molecule has 0 aliphatic heterocycles. The van der Waals surface area contributed by atoms with Crippen LogP contribution in [0.3, 0.4) is 0 Å². The van der Waals surface area contributed by atoms with E-state index in [1.165, 1.54) is 0 Å². The summed E-state index contributed by atoms with van der Waals surface area (Å²) >= 11 is 6.27. The van der Waals surface area contributed by atoms with E-state index in [0.717, 1.165) is 26.3 Å². The van der Waals surface area contributed by atoms with Crippen LogP contribution in [0.4, 0.5) is 5.69 Å². The fourth-order valence-electron chi connectivity index (χ4n) is 3.63. The van der Waals surface area contributed by atoms with Crippen LogP contribution in [-0.4, -0.2) is 25.9 Å². The van der Waals surface area contributed by atoms with E-state index < -0.39 is 15.9 Å². The topological polar surface area (TPSA) is 79.4 Å². The Hall–Kier alpha value is -3.42. The molecule has 0 spiro atoms. The zero-order chi connectivity index (χ0) is 24.3. The van der Waals surface area contributed by atoms with Gasteiger partial charge in [-0.05, 0) is 67.4 Å². The Bertz CT molecular complexity index is 1450. The number of sulfonamides is 1. The molecule has 1 amide bonds. The molecule has 0 fully saturated rings. The maximum absolute atomic E-state index is 13.6. The number of nitrogens with one attached hydrogen (secondary N) is 1. The number of carbonyl (C=O) groups excluding carboxylic acids is 1. The van der Waals surface area contributed by atoms with Gasteiger partial charge in [0.15, 0.2) is 0 Å². The third-order valence-corrected chi connectivity index (χ3v) is 7.74. The molecule has 174 valence electrons. The van der Waals surface area contributed by atoms with Crippen molar-refractivity contribution in [3.63, 3.8) is 0 Å². The van der Waals surface area contributed by atoms with Crippen molar-refractivity contribution in [3.05, 3.63) is 101 Å². The second-order valence-corrected chi connectivity index (χ2v) is 10.3. The van der Waals surface area contributed by atoms with Crippen molar-refractivity contribution in [2.24, 2.45) is 0 Å². The predicted molar refractivity (Wildman–Crippen MR) is 135 cm³/mol. The Morgan fingerprint density at radius 2 is 1.76 bits per heavy atom. The number of carbonyl (C=O) groups is 1. The van der Waals surface area contributed by atoms with Gasteiger partial charge in [0.1, 0.15) is 6.54 Å². The summed E-state index contributed by atoms with van der Waals surface area (Å²) in [6, 6.07) is 21.1. The van der Waals surface area contributed by atoms with Crippen LogP contribution in [0.2, 0.25) is 5.02 Å². The number of halogens is 1. The number of hydrogen-bond acceptors (Lipinski definition) is 4. The number of benzene rings is 3. The number of anilines is 1. The predicted octanol–water partition coefficient (Wildman–Crippen LogP) is 5.02. The standard InChI is InChI=1S/C26H24ClN3O3S/c1-18-8-11-22(12-9-18)34(32,33)30(25-7-3-6-23(27)19(25)2)17-26(31)29-16-20-10-13-24-21(15-20)5-4-14-28-24/h3-15H,16-17H2,1-2H3,(H,29,31). The molecule has 1 heterocycles. The third kappa shape index (κ3) is 5.05. The molecule has 0 bridgehead atoms. The van der Waals surface area contributed by atoms with E-state index in [-0.39, 0.29) is 18.0 Å². The summed E-state index contributed by atoms with van der Waals surface area (Å²) in [7, 11) is -4.01. The number of aryl methyl sites for hydroxylation is 1. The van der Waals surface area contributed by atoms with Gasteiger partial charge in [0.2, 0.25) is 5.91 Å². The Morgan fingerprint density at radius 3 is 2.53 bits per heavy atom. The second kappa shape index (κ2) is 9.83. The molecule has 1 aromatic heterocycles. The van der Waals surface area contributed by atoms with E-state index in [0.29, 0.717) is 16.3 Å². The van der Waals surface area contributed by atoms with Gasteiger partial charge in [0.25, 0.3) is 10.0 Å². The molecule has 0 aliphatic rings. The molecular weight excluding hydrogens is 470 g/mol. The summed E-state index contributed by atoms with van der Waals surface area (Å²) in [4.78, 5) is 17.3. The van der Waals surface area contributed by atoms with Crippen LogP contribution in [0, 0.1) is 13.8 Å². The zero-order valence-corrected chi connectivity index (χ0v) is 20.4. The highest BCUT2D eigenvalue weighted by Gasteiger charge is 2.28. The molecule has 0 saturated heterocycles. The summed E-state index contributed by atoms with van der Waals surface area (Å²) in [5.74, 6) is -0.429. The quantitative estimate of drug-likeness (QED) is 0.392. The molecule has 4 aromatic rings. The Morgan fingerprint density at radius 1 is 1.00 bits per heavy atom. The van der Waals surface area contributed by atoms with Crippen molar-refractivity contribution in [1.29, 1.82) is 0 Å². The minimum Gasteiger partial charge on any atom is -0.350 e. The van der Waals surface area contributed by atoms with E-state index >= 15 is 0 Å². The van der Waals surface area contributed by atoms with E-state index in [1.54, 1.807) is 55.6 Å². The van der Waals surface area contributed by atoms with Gasteiger partial charge in [-0.25, -0.2) is 8.42 Å². The number of rotatable bonds is 7. The summed E-state index contributed by atoms with van der Waals surface area (Å²) < 4.78 is 28.2. The first kappa shape index (κ1) is 23.7. The Kier molecular flexibility index (Phi) is 6.86. The van der Waals surface area contributed by atoms with Crippen LogP contribution in [0.1, 0.15) is 16.7 Å². The molecule has 0 radical (unpaired) electrons. The van der Waals surface area contributed by atoms with Gasteiger partial charge >= 0.3 is 0 Å². The lowest BCUT2D eigenvalue weighted by molar-refractivity contribution is -0.119. The van der Waals surface area contributed by atoms with Gasteiger partial charge in [0, 0.05) is 23.2 Å². The average Bonchev–Trinajstić information content (AvgIpc) is 2.83. The lowest BCUT2D eigenvalue weighted by Gasteiger charge is -2.26. The fraction of sp³-hybridized carbons (Fsp3) is 0.154. The van der Waals surface area contributed by atoms with Crippen LogP contribution >= 0.6 is 11.6 Å². The van der Waals surface area contributed by atoms with Crippen molar-refractivity contribution < 1.29 is 13.2 Å². The number of aromatic nitrogens is 1. The maximum atomic E-state index is 13.6. The van der Waals surface area contributed by atoms with Gasteiger partial charge in [-0.3, -0.25) is 14.1 Å². The van der Waals surface area contributed by atoms with Gasteiger partial charge in [-0.1, -0.05) is 47.5 Å². The van der Waals surface area contributed by atoms with Crippen molar-refractivity contribution in [1.82, 2.24) is 10.3 Å². The number of nitrogens with zero attached hydrogens (tertiary/aromatic N) is 2. The molecule has 0 aliphatic carbocycles. The highest BCUT2D eigenvalue weighted by atomic mass is 35.5. The van der Waals surface area contributed by atoms with E-state index in [1.807, 2.05) is 37.3 Å². The molecule has 3 aromatic carbocycles. The fourth-order valence-corrected chi connectivity index (χ4v) is 5.27. The van der Waals surface area contributed by atoms with Crippen molar-refractivity contribution >= 4 is 44.1 Å². The molecule has 34 heavy (non-hydrogen) atoms. The molecule has 6 nitrogen and oxygen atoms in total. The van der Waals surface area contributed by atoms with E-state index in [9.17, 15) is 13.2 Å². The van der Waals surface area contributed by atoms with E-state index in [4.69, 9.17) is 11.6 Å². The highest BCUT2D eigenvalue weighted by molar-refractivity contribution is 7.92. The lowest BCUT2D eigenvalue weighted by Crippen LogP contribution is -2.41. The summed E-state index contributed by atoms with van der Waals surface area (Å²) in [6.07, 6.45) is 1.73. The first-order valence-corrected chi connectivity index (χ1v) is 12.5. The Labute approximate surface area is 204 Å². The van der Waals surface area contributed by atoms with Gasteiger partial charge in [-0.15, -0.1) is 0 Å². The first-order valence-electron chi connectivity index (χ1n) is 10.7. The van der Waals surface area contributed by atoms with Crippen molar-refractivity contribution in [2.75, 3.05) is 10.8 Å². The van der Waals surface area contributed by atoms with Crippen LogP contribution in [0.25, 0.3) is 10.9 Å². The first-order chi connectivity index (χ1) is 16.3. The number of hydrogen-bond donors (Lipinski definition) is 1. The molecule has 4 rings (SSSR count). The van der Waals surface area contributed by atoms with Crippen LogP contribution in [0.5, 0.6) is 0 Å². The number of pyridine rings is 1. The minimum absolute atomic E-state index is 0.104. The number of amides is 1. The van der Waals surface area contributed by atoms with Crippen LogP contribution in [0.15, 0.2) is 83.9 Å². The smallest absolute Gasteiger partial charge is 0.264 e.